The minimum absolute atomic E-state index is 0.235. The zero-order valence-electron chi connectivity index (χ0n) is 17.2. The Labute approximate surface area is 176 Å². The topological polar surface area (TPSA) is 59.7 Å². The predicted octanol–water partition coefficient (Wildman–Crippen LogP) is 3.26. The number of benzene rings is 1. The third kappa shape index (κ3) is 3.60. The number of carbonyl (C=O) groups excluding carboxylic acids is 1. The molecule has 1 aromatic carbocycles. The van der Waals surface area contributed by atoms with Crippen molar-refractivity contribution in [3.05, 3.63) is 66.1 Å². The highest BCUT2D eigenvalue weighted by Crippen LogP contribution is 2.42. The summed E-state index contributed by atoms with van der Waals surface area (Å²) < 4.78 is 7.70. The van der Waals surface area contributed by atoms with Gasteiger partial charge in [0.25, 0.3) is 0 Å². The summed E-state index contributed by atoms with van der Waals surface area (Å²) in [5.41, 5.74) is 2.65. The molecule has 0 N–H and O–H groups in total. The maximum Gasteiger partial charge on any atom is 0.233 e. The number of nitrogens with zero attached hydrogens (tertiary/aromatic N) is 4. The van der Waals surface area contributed by atoms with Crippen LogP contribution in [0.4, 0.5) is 0 Å². The molecule has 1 aliphatic heterocycles. The van der Waals surface area contributed by atoms with Gasteiger partial charge < -0.3 is 9.64 Å². The maximum atomic E-state index is 13.9. The van der Waals surface area contributed by atoms with E-state index in [1.165, 1.54) is 5.56 Å². The first kappa shape index (κ1) is 19.2. The zero-order chi connectivity index (χ0) is 20.4. The zero-order valence-corrected chi connectivity index (χ0v) is 17.2. The van der Waals surface area contributed by atoms with Crippen LogP contribution in [0.3, 0.4) is 0 Å². The number of carbonyl (C=O) groups is 1. The molecule has 156 valence electrons. The summed E-state index contributed by atoms with van der Waals surface area (Å²) in [6, 6.07) is 14.4. The molecule has 1 saturated heterocycles. The van der Waals surface area contributed by atoms with E-state index in [0.717, 1.165) is 50.0 Å². The summed E-state index contributed by atoms with van der Waals surface area (Å²) in [6.07, 6.45) is 8.52. The molecule has 1 atom stereocenters. The second-order valence-electron chi connectivity index (χ2n) is 8.61. The predicted molar refractivity (Wildman–Crippen MR) is 114 cm³/mol. The Hall–Kier alpha value is -2.73. The fourth-order valence-corrected chi connectivity index (χ4v) is 5.11. The average molecular weight is 405 g/mol. The molecule has 5 rings (SSSR count). The van der Waals surface area contributed by atoms with Crippen molar-refractivity contribution in [3.8, 4) is 0 Å². The Bertz CT molecular complexity index is 1010. The highest BCUT2D eigenvalue weighted by atomic mass is 16.5. The second-order valence-corrected chi connectivity index (χ2v) is 8.61. The number of fused-ring (bicyclic) bond motifs is 1. The van der Waals surface area contributed by atoms with Gasteiger partial charge in [0.05, 0.1) is 24.3 Å². The lowest BCUT2D eigenvalue weighted by Crippen LogP contribution is -2.47. The van der Waals surface area contributed by atoms with Crippen molar-refractivity contribution in [2.45, 2.75) is 37.5 Å². The van der Waals surface area contributed by atoms with Gasteiger partial charge in [0.1, 0.15) is 0 Å². The molecule has 6 heteroatoms. The number of hydrogen-bond donors (Lipinski definition) is 0. The molecule has 1 amide bonds. The van der Waals surface area contributed by atoms with Crippen LogP contribution in [0.2, 0.25) is 0 Å². The Morgan fingerprint density at radius 3 is 2.80 bits per heavy atom. The van der Waals surface area contributed by atoms with Crippen LogP contribution in [-0.4, -0.2) is 51.7 Å². The van der Waals surface area contributed by atoms with Crippen molar-refractivity contribution in [3.63, 3.8) is 0 Å². The van der Waals surface area contributed by atoms with Crippen LogP contribution in [0, 0.1) is 5.92 Å². The molecule has 2 aliphatic rings. The van der Waals surface area contributed by atoms with E-state index in [9.17, 15) is 4.79 Å². The van der Waals surface area contributed by atoms with Gasteiger partial charge in [-0.15, -0.1) is 0 Å². The summed E-state index contributed by atoms with van der Waals surface area (Å²) in [5, 5.41) is 4.66. The first-order valence-electron chi connectivity index (χ1n) is 11.0. The van der Waals surface area contributed by atoms with Gasteiger partial charge in [-0.05, 0) is 37.0 Å². The van der Waals surface area contributed by atoms with Gasteiger partial charge in [0, 0.05) is 31.4 Å². The molecular formula is C24H28N4O2. The van der Waals surface area contributed by atoms with Gasteiger partial charge in [-0.2, -0.15) is 5.10 Å². The maximum absolute atomic E-state index is 13.9. The van der Waals surface area contributed by atoms with Crippen LogP contribution in [0.15, 0.2) is 54.9 Å². The van der Waals surface area contributed by atoms with Crippen LogP contribution >= 0.6 is 0 Å². The van der Waals surface area contributed by atoms with E-state index < -0.39 is 0 Å². The Kier molecular flexibility index (Phi) is 5.25. The minimum atomic E-state index is -0.371. The SMILES string of the molecule is O=C(N1CCOC[C@@H](Cc2ccc3nccn3n2)C1)C1(c2ccccc2)CCCC1. The molecule has 3 aromatic rings. The lowest BCUT2D eigenvalue weighted by Gasteiger charge is -2.35. The van der Waals surface area contributed by atoms with E-state index in [-0.39, 0.29) is 17.2 Å². The molecule has 0 spiro atoms. The highest BCUT2D eigenvalue weighted by Gasteiger charge is 2.45. The fourth-order valence-electron chi connectivity index (χ4n) is 5.11. The molecule has 2 fully saturated rings. The van der Waals surface area contributed by atoms with Crippen LogP contribution in [0.5, 0.6) is 0 Å². The average Bonchev–Trinajstić information content (AvgIpc) is 3.40. The molecule has 30 heavy (non-hydrogen) atoms. The third-order valence-corrected chi connectivity index (χ3v) is 6.63. The Morgan fingerprint density at radius 1 is 1.13 bits per heavy atom. The quantitative estimate of drug-likeness (QED) is 0.670. The van der Waals surface area contributed by atoms with E-state index in [2.05, 4.69) is 39.2 Å². The van der Waals surface area contributed by atoms with Gasteiger partial charge in [0.15, 0.2) is 5.65 Å². The molecule has 1 saturated carbocycles. The van der Waals surface area contributed by atoms with Gasteiger partial charge in [-0.25, -0.2) is 9.50 Å². The lowest BCUT2D eigenvalue weighted by atomic mass is 9.77. The molecule has 0 bridgehead atoms. The first-order chi connectivity index (χ1) is 14.7. The molecule has 0 unspecified atom stereocenters. The van der Waals surface area contributed by atoms with E-state index in [4.69, 9.17) is 4.74 Å². The monoisotopic (exact) mass is 404 g/mol. The van der Waals surface area contributed by atoms with Gasteiger partial charge in [-0.1, -0.05) is 43.2 Å². The first-order valence-corrected chi connectivity index (χ1v) is 11.0. The van der Waals surface area contributed by atoms with E-state index >= 15 is 0 Å². The minimum Gasteiger partial charge on any atom is -0.379 e. The van der Waals surface area contributed by atoms with Crippen LogP contribution < -0.4 is 0 Å². The summed E-state index contributed by atoms with van der Waals surface area (Å²) >= 11 is 0. The van der Waals surface area contributed by atoms with Crippen LogP contribution in [0.25, 0.3) is 5.65 Å². The van der Waals surface area contributed by atoms with Crippen molar-refractivity contribution < 1.29 is 9.53 Å². The molecule has 1 aliphatic carbocycles. The van der Waals surface area contributed by atoms with Crippen molar-refractivity contribution in [1.82, 2.24) is 19.5 Å². The summed E-state index contributed by atoms with van der Waals surface area (Å²) in [6.45, 7) is 2.64. The van der Waals surface area contributed by atoms with Crippen LogP contribution in [-0.2, 0) is 21.4 Å². The van der Waals surface area contributed by atoms with E-state index in [1.54, 1.807) is 10.7 Å². The number of ether oxygens (including phenoxy) is 1. The number of aromatic nitrogens is 3. The Morgan fingerprint density at radius 2 is 1.97 bits per heavy atom. The second kappa shape index (κ2) is 8.19. The molecule has 2 aromatic heterocycles. The summed E-state index contributed by atoms with van der Waals surface area (Å²) in [5.74, 6) is 0.513. The van der Waals surface area contributed by atoms with Gasteiger partial charge in [-0.3, -0.25) is 4.79 Å². The summed E-state index contributed by atoms with van der Waals surface area (Å²) in [7, 11) is 0. The molecule has 3 heterocycles. The smallest absolute Gasteiger partial charge is 0.233 e. The van der Waals surface area contributed by atoms with Crippen molar-refractivity contribution in [2.24, 2.45) is 5.92 Å². The number of rotatable bonds is 4. The molecule has 0 radical (unpaired) electrons. The van der Waals surface area contributed by atoms with Crippen LogP contribution in [0.1, 0.15) is 36.9 Å². The molecular weight excluding hydrogens is 376 g/mol. The van der Waals surface area contributed by atoms with Gasteiger partial charge in [0.2, 0.25) is 5.91 Å². The third-order valence-electron chi connectivity index (χ3n) is 6.63. The lowest BCUT2D eigenvalue weighted by molar-refractivity contribution is -0.137. The van der Waals surface area contributed by atoms with Gasteiger partial charge >= 0.3 is 0 Å². The van der Waals surface area contributed by atoms with Crippen molar-refractivity contribution >= 4 is 11.6 Å². The number of imidazole rings is 1. The van der Waals surface area contributed by atoms with E-state index in [1.807, 2.05) is 24.4 Å². The Balaban J connectivity index is 1.36. The van der Waals surface area contributed by atoms with E-state index in [0.29, 0.717) is 19.8 Å². The fraction of sp³-hybridized carbons (Fsp3) is 0.458. The standard InChI is InChI=1S/C24H28N4O2/c29-23(24(10-4-5-11-24)20-6-2-1-3-7-20)27-14-15-30-18-19(17-27)16-21-8-9-22-25-12-13-28(22)26-21/h1-3,6-9,12-13,19H,4-5,10-11,14-18H2/t19-/m0/s1. The highest BCUT2D eigenvalue weighted by molar-refractivity contribution is 5.88. The van der Waals surface area contributed by atoms with Crippen molar-refractivity contribution in [1.29, 1.82) is 0 Å². The summed E-state index contributed by atoms with van der Waals surface area (Å²) in [4.78, 5) is 20.2. The molecule has 6 nitrogen and oxygen atoms in total. The van der Waals surface area contributed by atoms with Crippen molar-refractivity contribution in [2.75, 3.05) is 26.3 Å². The normalized spacial score (nSPS) is 21.6. The largest absolute Gasteiger partial charge is 0.379 e. The number of amides is 1. The number of hydrogen-bond acceptors (Lipinski definition) is 4.